The molecule has 1 atom stereocenters. The molecule has 0 bridgehead atoms. The summed E-state index contributed by atoms with van der Waals surface area (Å²) in [7, 11) is 0. The number of aryl methyl sites for hydroxylation is 1. The van der Waals surface area contributed by atoms with Crippen LogP contribution < -0.4 is 5.56 Å². The molecule has 3 aromatic rings. The second kappa shape index (κ2) is 8.57. The number of hydrogen-bond acceptors (Lipinski definition) is 4. The first-order chi connectivity index (χ1) is 14.5. The predicted molar refractivity (Wildman–Crippen MR) is 111 cm³/mol. The van der Waals surface area contributed by atoms with Gasteiger partial charge in [-0.15, -0.1) is 0 Å². The van der Waals surface area contributed by atoms with Crippen LogP contribution in [0.1, 0.15) is 51.8 Å². The summed E-state index contributed by atoms with van der Waals surface area (Å²) in [4.78, 5) is 30.4. The fourth-order valence-electron chi connectivity index (χ4n) is 3.97. The van der Waals surface area contributed by atoms with Gasteiger partial charge in [-0.3, -0.25) is 14.6 Å². The number of nitrogens with zero attached hydrogens (tertiary/aromatic N) is 3. The summed E-state index contributed by atoms with van der Waals surface area (Å²) in [5, 5.41) is 6.16. The Morgan fingerprint density at radius 3 is 2.83 bits per heavy atom. The number of carbonyl (C=O) groups excluding carboxylic acids is 1. The number of benzene rings is 1. The minimum Gasteiger partial charge on any atom is -0.337 e. The zero-order chi connectivity index (χ0) is 21.1. The van der Waals surface area contributed by atoms with Crippen LogP contribution in [0.25, 0.3) is 0 Å². The molecule has 0 saturated carbocycles. The molecule has 0 aliphatic carbocycles. The van der Waals surface area contributed by atoms with Gasteiger partial charge in [0.25, 0.3) is 11.5 Å². The first kappa shape index (κ1) is 19.9. The van der Waals surface area contributed by atoms with Crippen LogP contribution >= 0.6 is 0 Å². The number of carbonyl (C=O) groups is 1. The van der Waals surface area contributed by atoms with Crippen LogP contribution in [0, 0.1) is 12.7 Å². The molecule has 1 aliphatic heterocycles. The minimum absolute atomic E-state index is 0.102. The molecule has 1 fully saturated rings. The van der Waals surface area contributed by atoms with Crippen LogP contribution in [-0.2, 0) is 6.42 Å². The van der Waals surface area contributed by atoms with Gasteiger partial charge in [-0.2, -0.15) is 5.10 Å². The van der Waals surface area contributed by atoms with E-state index in [-0.39, 0.29) is 28.9 Å². The van der Waals surface area contributed by atoms with Gasteiger partial charge in [0.05, 0.1) is 0 Å². The maximum Gasteiger partial charge on any atom is 0.274 e. The summed E-state index contributed by atoms with van der Waals surface area (Å²) >= 11 is 0. The lowest BCUT2D eigenvalue weighted by Gasteiger charge is -2.32. The molecular weight excluding hydrogens is 383 g/mol. The van der Waals surface area contributed by atoms with Gasteiger partial charge in [-0.1, -0.05) is 18.2 Å². The summed E-state index contributed by atoms with van der Waals surface area (Å²) in [5.74, 6) is -0.309. The number of aromatic nitrogens is 3. The third kappa shape index (κ3) is 4.45. The zero-order valence-corrected chi connectivity index (χ0v) is 16.8. The van der Waals surface area contributed by atoms with Crippen molar-refractivity contribution in [3.63, 3.8) is 0 Å². The second-order valence-corrected chi connectivity index (χ2v) is 7.71. The van der Waals surface area contributed by atoms with Crippen molar-refractivity contribution in [3.8, 4) is 0 Å². The van der Waals surface area contributed by atoms with E-state index >= 15 is 0 Å². The van der Waals surface area contributed by atoms with Gasteiger partial charge < -0.3 is 4.90 Å². The SMILES string of the molecule is Cc1cc(Cc2ccccc2F)cc([C@H]2CCCN(C(=O)c3ccc(=O)[nH]n3)C2)n1. The lowest BCUT2D eigenvalue weighted by Crippen LogP contribution is -2.40. The molecule has 1 aromatic carbocycles. The van der Waals surface area contributed by atoms with Crippen LogP contribution in [0.2, 0.25) is 0 Å². The van der Waals surface area contributed by atoms with Crippen molar-refractivity contribution in [2.75, 3.05) is 13.1 Å². The number of likely N-dealkylation sites (tertiary alicyclic amines) is 1. The van der Waals surface area contributed by atoms with E-state index < -0.39 is 0 Å². The Bertz CT molecular complexity index is 1110. The molecule has 7 heteroatoms. The summed E-state index contributed by atoms with van der Waals surface area (Å²) < 4.78 is 14.1. The fraction of sp³-hybridized carbons (Fsp3) is 0.304. The molecule has 30 heavy (non-hydrogen) atoms. The normalized spacial score (nSPS) is 16.5. The van der Waals surface area contributed by atoms with Crippen LogP contribution in [0.5, 0.6) is 0 Å². The van der Waals surface area contributed by atoms with Crippen LogP contribution in [0.3, 0.4) is 0 Å². The third-order valence-electron chi connectivity index (χ3n) is 5.41. The van der Waals surface area contributed by atoms with E-state index in [4.69, 9.17) is 4.98 Å². The highest BCUT2D eigenvalue weighted by atomic mass is 19.1. The number of nitrogens with one attached hydrogen (secondary N) is 1. The Morgan fingerprint density at radius 1 is 1.23 bits per heavy atom. The number of piperidine rings is 1. The molecule has 154 valence electrons. The Labute approximate surface area is 173 Å². The van der Waals surface area contributed by atoms with Gasteiger partial charge in [0, 0.05) is 42.9 Å². The highest BCUT2D eigenvalue weighted by Gasteiger charge is 2.27. The molecule has 1 aliphatic rings. The van der Waals surface area contributed by atoms with E-state index in [2.05, 4.69) is 10.2 Å². The molecule has 4 rings (SSSR count). The topological polar surface area (TPSA) is 79.0 Å². The maximum atomic E-state index is 14.1. The van der Waals surface area contributed by atoms with Gasteiger partial charge in [0.15, 0.2) is 0 Å². The van der Waals surface area contributed by atoms with E-state index in [0.29, 0.717) is 25.1 Å². The number of rotatable bonds is 4. The lowest BCUT2D eigenvalue weighted by atomic mass is 9.92. The molecular formula is C23H23FN4O2. The Balaban J connectivity index is 1.54. The van der Waals surface area contributed by atoms with E-state index in [0.717, 1.165) is 29.8 Å². The van der Waals surface area contributed by atoms with E-state index in [1.807, 2.05) is 25.1 Å². The van der Waals surface area contributed by atoms with Crippen molar-refractivity contribution < 1.29 is 9.18 Å². The summed E-state index contributed by atoms with van der Waals surface area (Å²) in [6.45, 7) is 3.11. The quantitative estimate of drug-likeness (QED) is 0.722. The first-order valence-corrected chi connectivity index (χ1v) is 10.1. The predicted octanol–water partition coefficient (Wildman–Crippen LogP) is 3.22. The number of pyridine rings is 1. The standard InChI is InChI=1S/C23H23FN4O2/c1-15-11-16(12-17-5-2-3-7-19(17)24)13-21(25-15)18-6-4-10-28(14-18)23(30)20-8-9-22(29)27-26-20/h2-3,5,7-9,11,13,18H,4,6,10,12,14H2,1H3,(H,27,29)/t18-/m0/s1. The monoisotopic (exact) mass is 406 g/mol. The Kier molecular flexibility index (Phi) is 5.70. The smallest absolute Gasteiger partial charge is 0.274 e. The largest absolute Gasteiger partial charge is 0.337 e. The van der Waals surface area contributed by atoms with Crippen LogP contribution in [0.4, 0.5) is 4.39 Å². The average Bonchev–Trinajstić information content (AvgIpc) is 2.75. The number of halogens is 1. The zero-order valence-electron chi connectivity index (χ0n) is 16.8. The fourth-order valence-corrected chi connectivity index (χ4v) is 3.97. The molecule has 0 spiro atoms. The maximum absolute atomic E-state index is 14.1. The first-order valence-electron chi connectivity index (χ1n) is 10.1. The van der Waals surface area contributed by atoms with Crippen molar-refractivity contribution in [3.05, 3.63) is 92.9 Å². The molecule has 3 heterocycles. The average molecular weight is 406 g/mol. The molecule has 1 amide bonds. The van der Waals surface area contributed by atoms with E-state index in [1.165, 1.54) is 18.2 Å². The third-order valence-corrected chi connectivity index (χ3v) is 5.41. The van der Waals surface area contributed by atoms with Crippen molar-refractivity contribution in [2.24, 2.45) is 0 Å². The molecule has 0 radical (unpaired) electrons. The molecule has 0 unspecified atom stereocenters. The molecule has 6 nitrogen and oxygen atoms in total. The molecule has 2 aromatic heterocycles. The van der Waals surface area contributed by atoms with E-state index in [9.17, 15) is 14.0 Å². The number of hydrogen-bond donors (Lipinski definition) is 1. The van der Waals surface area contributed by atoms with Crippen molar-refractivity contribution in [2.45, 2.75) is 32.1 Å². The van der Waals surface area contributed by atoms with Crippen LogP contribution in [0.15, 0.2) is 53.3 Å². The number of aromatic amines is 1. The molecule has 1 N–H and O–H groups in total. The lowest BCUT2D eigenvalue weighted by molar-refractivity contribution is 0.0698. The highest BCUT2D eigenvalue weighted by molar-refractivity contribution is 5.92. The van der Waals surface area contributed by atoms with Crippen molar-refractivity contribution in [1.82, 2.24) is 20.1 Å². The van der Waals surface area contributed by atoms with Crippen molar-refractivity contribution >= 4 is 5.91 Å². The van der Waals surface area contributed by atoms with E-state index in [1.54, 1.807) is 17.0 Å². The minimum atomic E-state index is -0.339. The van der Waals surface area contributed by atoms with Gasteiger partial charge in [-0.25, -0.2) is 9.49 Å². The Hall–Kier alpha value is -3.35. The van der Waals surface area contributed by atoms with Crippen LogP contribution in [-0.4, -0.2) is 39.1 Å². The number of H-pyrrole nitrogens is 1. The van der Waals surface area contributed by atoms with Gasteiger partial charge in [-0.05, 0) is 55.2 Å². The number of amides is 1. The highest BCUT2D eigenvalue weighted by Crippen LogP contribution is 2.28. The summed E-state index contributed by atoms with van der Waals surface area (Å²) in [5.41, 5.74) is 3.35. The summed E-state index contributed by atoms with van der Waals surface area (Å²) in [6.07, 6.45) is 2.29. The van der Waals surface area contributed by atoms with Crippen molar-refractivity contribution in [1.29, 1.82) is 0 Å². The summed E-state index contributed by atoms with van der Waals surface area (Å²) in [6, 6.07) is 13.5. The van der Waals surface area contributed by atoms with Gasteiger partial charge in [0.2, 0.25) is 0 Å². The van der Waals surface area contributed by atoms with Gasteiger partial charge in [0.1, 0.15) is 11.5 Å². The van der Waals surface area contributed by atoms with Gasteiger partial charge >= 0.3 is 0 Å². The Morgan fingerprint density at radius 2 is 2.07 bits per heavy atom. The molecule has 1 saturated heterocycles. The second-order valence-electron chi connectivity index (χ2n) is 7.71.